The van der Waals surface area contributed by atoms with Gasteiger partial charge in [0.05, 0.1) is 12.2 Å². The Morgan fingerprint density at radius 3 is 3.15 bits per heavy atom. The SMILES string of the molecule is COC1C(C#N)OC2CCNCC21. The van der Waals surface area contributed by atoms with Gasteiger partial charge in [-0.3, -0.25) is 0 Å². The molecule has 0 aromatic rings. The first-order valence-electron chi connectivity index (χ1n) is 4.65. The molecule has 1 N–H and O–H groups in total. The smallest absolute Gasteiger partial charge is 0.170 e. The normalized spacial score (nSPS) is 44.0. The van der Waals surface area contributed by atoms with Crippen LogP contribution in [0.25, 0.3) is 0 Å². The molecule has 0 bridgehead atoms. The lowest BCUT2D eigenvalue weighted by Crippen LogP contribution is -2.42. The molecule has 2 heterocycles. The summed E-state index contributed by atoms with van der Waals surface area (Å²) in [6.45, 7) is 1.89. The lowest BCUT2D eigenvalue weighted by atomic mass is 9.92. The van der Waals surface area contributed by atoms with E-state index in [2.05, 4.69) is 11.4 Å². The van der Waals surface area contributed by atoms with Crippen LogP contribution >= 0.6 is 0 Å². The molecule has 4 atom stereocenters. The third-order valence-corrected chi connectivity index (χ3v) is 2.90. The van der Waals surface area contributed by atoms with Crippen LogP contribution in [0.5, 0.6) is 0 Å². The van der Waals surface area contributed by atoms with Crippen molar-refractivity contribution in [3.63, 3.8) is 0 Å². The molecule has 2 aliphatic rings. The number of rotatable bonds is 1. The summed E-state index contributed by atoms with van der Waals surface area (Å²) in [5.41, 5.74) is 0. The van der Waals surface area contributed by atoms with Gasteiger partial charge in [-0.05, 0) is 13.0 Å². The predicted molar refractivity (Wildman–Crippen MR) is 46.0 cm³/mol. The fraction of sp³-hybridized carbons (Fsp3) is 0.889. The molecule has 0 saturated carbocycles. The van der Waals surface area contributed by atoms with Crippen molar-refractivity contribution in [2.75, 3.05) is 20.2 Å². The van der Waals surface area contributed by atoms with Crippen LogP contribution in [0.2, 0.25) is 0 Å². The molecular formula is C9H14N2O2. The molecule has 2 fully saturated rings. The minimum atomic E-state index is -0.375. The maximum atomic E-state index is 8.84. The average molecular weight is 182 g/mol. The van der Waals surface area contributed by atoms with E-state index in [1.54, 1.807) is 7.11 Å². The van der Waals surface area contributed by atoms with Crippen molar-refractivity contribution in [3.8, 4) is 6.07 Å². The van der Waals surface area contributed by atoms with Gasteiger partial charge in [-0.25, -0.2) is 0 Å². The lowest BCUT2D eigenvalue weighted by Gasteiger charge is -2.26. The second-order valence-corrected chi connectivity index (χ2v) is 3.58. The molecule has 0 amide bonds. The standard InChI is InChI=1S/C9H14N2O2/c1-12-9-6-5-11-3-2-7(6)13-8(9)4-10/h6-9,11H,2-3,5H2,1H3. The minimum Gasteiger partial charge on any atom is -0.377 e. The number of nitrogens with zero attached hydrogens (tertiary/aromatic N) is 1. The highest BCUT2D eigenvalue weighted by atomic mass is 16.6. The Hall–Kier alpha value is -0.630. The van der Waals surface area contributed by atoms with Gasteiger partial charge in [0.25, 0.3) is 0 Å². The summed E-state index contributed by atoms with van der Waals surface area (Å²) in [4.78, 5) is 0. The third kappa shape index (κ3) is 1.44. The molecule has 72 valence electrons. The molecule has 0 aliphatic carbocycles. The van der Waals surface area contributed by atoms with Gasteiger partial charge < -0.3 is 14.8 Å². The molecule has 4 nitrogen and oxygen atoms in total. The summed E-state index contributed by atoms with van der Waals surface area (Å²) in [5, 5.41) is 12.1. The molecule has 2 aliphatic heterocycles. The van der Waals surface area contributed by atoms with Crippen LogP contribution in [0, 0.1) is 17.2 Å². The first-order chi connectivity index (χ1) is 6.36. The Morgan fingerprint density at radius 2 is 2.46 bits per heavy atom. The van der Waals surface area contributed by atoms with Gasteiger partial charge >= 0.3 is 0 Å². The van der Waals surface area contributed by atoms with Crippen molar-refractivity contribution in [1.29, 1.82) is 5.26 Å². The summed E-state index contributed by atoms with van der Waals surface area (Å²) < 4.78 is 10.9. The Labute approximate surface area is 77.8 Å². The summed E-state index contributed by atoms with van der Waals surface area (Å²) in [6, 6.07) is 2.15. The Balaban J connectivity index is 2.10. The van der Waals surface area contributed by atoms with Crippen LogP contribution in [-0.2, 0) is 9.47 Å². The van der Waals surface area contributed by atoms with Crippen LogP contribution in [-0.4, -0.2) is 38.5 Å². The average Bonchev–Trinajstić information content (AvgIpc) is 2.55. The molecule has 0 spiro atoms. The number of nitriles is 1. The zero-order valence-corrected chi connectivity index (χ0v) is 7.69. The Bertz CT molecular complexity index is 226. The van der Waals surface area contributed by atoms with E-state index in [1.165, 1.54) is 0 Å². The summed E-state index contributed by atoms with van der Waals surface area (Å²) >= 11 is 0. The van der Waals surface area contributed by atoms with E-state index >= 15 is 0 Å². The predicted octanol–water partition coefficient (Wildman–Crippen LogP) is -0.0981. The summed E-state index contributed by atoms with van der Waals surface area (Å²) in [5.74, 6) is 0.350. The molecule has 4 unspecified atom stereocenters. The molecule has 13 heavy (non-hydrogen) atoms. The van der Waals surface area contributed by atoms with E-state index in [-0.39, 0.29) is 18.3 Å². The molecule has 0 aromatic carbocycles. The van der Waals surface area contributed by atoms with E-state index in [1.807, 2.05) is 0 Å². The van der Waals surface area contributed by atoms with Crippen LogP contribution < -0.4 is 5.32 Å². The summed E-state index contributed by atoms with van der Waals surface area (Å²) in [6.07, 6.45) is 0.779. The van der Waals surface area contributed by atoms with Gasteiger partial charge in [0.2, 0.25) is 0 Å². The highest BCUT2D eigenvalue weighted by Gasteiger charge is 2.45. The van der Waals surface area contributed by atoms with Crippen molar-refractivity contribution < 1.29 is 9.47 Å². The van der Waals surface area contributed by atoms with Crippen molar-refractivity contribution in [2.24, 2.45) is 5.92 Å². The molecule has 4 heteroatoms. The second-order valence-electron chi connectivity index (χ2n) is 3.58. The summed E-state index contributed by atoms with van der Waals surface area (Å²) in [7, 11) is 1.65. The number of piperidine rings is 1. The maximum Gasteiger partial charge on any atom is 0.170 e. The van der Waals surface area contributed by atoms with E-state index < -0.39 is 0 Å². The van der Waals surface area contributed by atoms with Crippen molar-refractivity contribution in [1.82, 2.24) is 5.32 Å². The van der Waals surface area contributed by atoms with Gasteiger partial charge in [-0.2, -0.15) is 5.26 Å². The molecule has 0 aromatic heterocycles. The first-order valence-corrected chi connectivity index (χ1v) is 4.65. The van der Waals surface area contributed by atoms with Crippen molar-refractivity contribution >= 4 is 0 Å². The number of nitrogens with one attached hydrogen (secondary N) is 1. The van der Waals surface area contributed by atoms with Crippen LogP contribution in [0.3, 0.4) is 0 Å². The Morgan fingerprint density at radius 1 is 1.62 bits per heavy atom. The second kappa shape index (κ2) is 3.62. The van der Waals surface area contributed by atoms with Crippen molar-refractivity contribution in [2.45, 2.75) is 24.7 Å². The lowest BCUT2D eigenvalue weighted by molar-refractivity contribution is 0.0251. The van der Waals surface area contributed by atoms with Crippen LogP contribution in [0.15, 0.2) is 0 Å². The fourth-order valence-corrected chi connectivity index (χ4v) is 2.25. The number of methoxy groups -OCH3 is 1. The van der Waals surface area contributed by atoms with E-state index in [4.69, 9.17) is 14.7 Å². The fourth-order valence-electron chi connectivity index (χ4n) is 2.25. The maximum absolute atomic E-state index is 8.84. The number of hydrogen-bond acceptors (Lipinski definition) is 4. The zero-order valence-electron chi connectivity index (χ0n) is 7.69. The highest BCUT2D eigenvalue weighted by Crippen LogP contribution is 2.32. The zero-order chi connectivity index (χ0) is 9.26. The van der Waals surface area contributed by atoms with Crippen LogP contribution in [0.1, 0.15) is 6.42 Å². The number of fused-ring (bicyclic) bond motifs is 1. The van der Waals surface area contributed by atoms with Gasteiger partial charge in [-0.15, -0.1) is 0 Å². The van der Waals surface area contributed by atoms with Gasteiger partial charge in [0.1, 0.15) is 6.10 Å². The van der Waals surface area contributed by atoms with E-state index in [0.29, 0.717) is 5.92 Å². The minimum absolute atomic E-state index is 0.0530. The Kier molecular flexibility index (Phi) is 2.49. The first kappa shape index (κ1) is 8.95. The van der Waals surface area contributed by atoms with Gasteiger partial charge in [-0.1, -0.05) is 0 Å². The van der Waals surface area contributed by atoms with Crippen LogP contribution in [0.4, 0.5) is 0 Å². The highest BCUT2D eigenvalue weighted by molar-refractivity contribution is 5.03. The molecule has 0 radical (unpaired) electrons. The van der Waals surface area contributed by atoms with E-state index in [9.17, 15) is 0 Å². The van der Waals surface area contributed by atoms with Crippen molar-refractivity contribution in [3.05, 3.63) is 0 Å². The number of ether oxygens (including phenoxy) is 2. The van der Waals surface area contributed by atoms with Gasteiger partial charge in [0.15, 0.2) is 6.10 Å². The van der Waals surface area contributed by atoms with E-state index in [0.717, 1.165) is 19.5 Å². The third-order valence-electron chi connectivity index (χ3n) is 2.90. The number of hydrogen-bond donors (Lipinski definition) is 1. The topological polar surface area (TPSA) is 54.3 Å². The largest absolute Gasteiger partial charge is 0.377 e. The van der Waals surface area contributed by atoms with Gasteiger partial charge in [0, 0.05) is 19.6 Å². The molecule has 2 saturated heterocycles. The molecular weight excluding hydrogens is 168 g/mol. The quantitative estimate of drug-likeness (QED) is 0.615. The molecule has 2 rings (SSSR count). The monoisotopic (exact) mass is 182 g/mol.